The van der Waals surface area contributed by atoms with E-state index in [2.05, 4.69) is 48.5 Å². The molecular formula is C21H42O4. The fourth-order valence-electron chi connectivity index (χ4n) is 2.15. The molecule has 25 heavy (non-hydrogen) atoms. The Morgan fingerprint density at radius 2 is 1.08 bits per heavy atom. The molecule has 0 amide bonds. The van der Waals surface area contributed by atoms with Gasteiger partial charge in [-0.2, -0.15) is 9.78 Å². The molecule has 0 aromatic heterocycles. The molecule has 0 aromatic rings. The summed E-state index contributed by atoms with van der Waals surface area (Å²) in [4.78, 5) is 24.0. The van der Waals surface area contributed by atoms with Crippen LogP contribution in [-0.4, -0.2) is 17.0 Å². The Balaban J connectivity index is 2.93. The lowest BCUT2D eigenvalue weighted by molar-refractivity contribution is -0.565. The first kappa shape index (κ1) is 22.9. The average Bonchev–Trinajstić information content (AvgIpc) is 2.43. The van der Waals surface area contributed by atoms with Crippen LogP contribution in [0.3, 0.4) is 0 Å². The summed E-state index contributed by atoms with van der Waals surface area (Å²) in [6, 6.07) is 0. The van der Waals surface area contributed by atoms with Crippen molar-refractivity contribution in [2.24, 2.45) is 16.7 Å². The molecule has 1 unspecified atom stereocenters. The van der Waals surface area contributed by atoms with Gasteiger partial charge in [0.25, 0.3) is 0 Å². The minimum absolute atomic E-state index is 0.0579. The van der Waals surface area contributed by atoms with Gasteiger partial charge in [0.1, 0.15) is 11.2 Å². The lowest BCUT2D eigenvalue weighted by atomic mass is 9.79. The predicted octanol–water partition coefficient (Wildman–Crippen LogP) is 6.44. The van der Waals surface area contributed by atoms with Crippen molar-refractivity contribution in [1.82, 2.24) is 0 Å². The third-order valence-electron chi connectivity index (χ3n) is 6.56. The van der Waals surface area contributed by atoms with E-state index in [1.807, 2.05) is 27.7 Å². The van der Waals surface area contributed by atoms with Crippen molar-refractivity contribution in [3.8, 4) is 0 Å². The summed E-state index contributed by atoms with van der Waals surface area (Å²) in [5.74, 6) is -0.656. The van der Waals surface area contributed by atoms with Crippen LogP contribution in [0.5, 0.6) is 0 Å². The molecule has 4 heteroatoms. The van der Waals surface area contributed by atoms with E-state index in [0.29, 0.717) is 0 Å². The van der Waals surface area contributed by atoms with Crippen LogP contribution in [0.4, 0.5) is 0 Å². The summed E-state index contributed by atoms with van der Waals surface area (Å²) in [6.07, 6.45) is 4.04. The van der Waals surface area contributed by atoms with E-state index in [1.54, 1.807) is 0 Å². The summed E-state index contributed by atoms with van der Waals surface area (Å²) in [6.45, 7) is 23.2. The van der Waals surface area contributed by atoms with Crippen LogP contribution >= 0.6 is 0 Å². The van der Waals surface area contributed by atoms with Crippen LogP contribution in [0.15, 0.2) is 0 Å². The van der Waals surface area contributed by atoms with Gasteiger partial charge < -0.3 is 0 Å². The Bertz CT molecular complexity index is 396. The largest absolute Gasteiger partial charge is 0.236 e. The summed E-state index contributed by atoms with van der Waals surface area (Å²) < 4.78 is 0. The number of rotatable bonds is 6. The van der Waals surface area contributed by atoms with Gasteiger partial charge in [-0.05, 0) is 51.4 Å². The Morgan fingerprint density at radius 3 is 1.40 bits per heavy atom. The molecule has 0 bridgehead atoms. The summed E-state index contributed by atoms with van der Waals surface area (Å²) in [7, 11) is 0. The zero-order chi connectivity index (χ0) is 19.7. The fourth-order valence-corrected chi connectivity index (χ4v) is 2.15. The van der Waals surface area contributed by atoms with E-state index < -0.39 is 17.0 Å². The van der Waals surface area contributed by atoms with Crippen LogP contribution in [0.1, 0.15) is 102 Å². The van der Waals surface area contributed by atoms with Gasteiger partial charge in [0.05, 0.1) is 0 Å². The normalized spacial score (nSPS) is 22.9. The topological polar surface area (TPSA) is 36.9 Å². The van der Waals surface area contributed by atoms with Gasteiger partial charge >= 0.3 is 0 Å². The van der Waals surface area contributed by atoms with Gasteiger partial charge in [-0.3, -0.25) is 0 Å². The van der Waals surface area contributed by atoms with E-state index in [-0.39, 0.29) is 16.7 Å². The van der Waals surface area contributed by atoms with E-state index in [1.165, 1.54) is 6.42 Å². The Morgan fingerprint density at radius 1 is 0.680 bits per heavy atom. The minimum atomic E-state index is -0.858. The highest BCUT2D eigenvalue weighted by molar-refractivity contribution is 4.86. The van der Waals surface area contributed by atoms with Gasteiger partial charge in [0, 0.05) is 12.3 Å². The predicted molar refractivity (Wildman–Crippen MR) is 102 cm³/mol. The monoisotopic (exact) mass is 358 g/mol. The van der Waals surface area contributed by atoms with Gasteiger partial charge in [0.15, 0.2) is 0 Å². The highest BCUT2D eigenvalue weighted by Gasteiger charge is 2.48. The minimum Gasteiger partial charge on any atom is -0.227 e. The molecule has 1 aliphatic carbocycles. The summed E-state index contributed by atoms with van der Waals surface area (Å²) in [5, 5.41) is 0. The molecule has 0 aromatic carbocycles. The molecule has 0 aliphatic heterocycles. The van der Waals surface area contributed by atoms with E-state index >= 15 is 0 Å². The highest BCUT2D eigenvalue weighted by atomic mass is 17.3. The molecule has 4 nitrogen and oxygen atoms in total. The maximum atomic E-state index is 6.04. The van der Waals surface area contributed by atoms with Crippen molar-refractivity contribution in [1.29, 1.82) is 0 Å². The van der Waals surface area contributed by atoms with Crippen molar-refractivity contribution >= 4 is 0 Å². The molecule has 1 atom stereocenters. The standard InChI is InChI=1S/C21H42O4/c1-16-14-12-13-15-21(16,24-22-19(8,9)17(2,3)4)25-23-20(10,11)18(5,6)7/h16H,12-15H2,1-11H3. The van der Waals surface area contributed by atoms with Gasteiger partial charge in [-0.15, -0.1) is 0 Å². The van der Waals surface area contributed by atoms with Crippen molar-refractivity contribution < 1.29 is 19.6 Å². The Kier molecular flexibility index (Phi) is 6.82. The zero-order valence-electron chi connectivity index (χ0n) is 18.5. The first-order valence-corrected chi connectivity index (χ1v) is 9.78. The number of hydrogen-bond donors (Lipinski definition) is 0. The summed E-state index contributed by atoms with van der Waals surface area (Å²) in [5.41, 5.74) is -1.00. The van der Waals surface area contributed by atoms with Crippen LogP contribution in [0, 0.1) is 16.7 Å². The van der Waals surface area contributed by atoms with Gasteiger partial charge in [-0.25, -0.2) is 9.78 Å². The molecule has 0 N–H and O–H groups in total. The van der Waals surface area contributed by atoms with E-state index in [9.17, 15) is 0 Å². The quantitative estimate of drug-likeness (QED) is 0.311. The first-order chi connectivity index (χ1) is 11.0. The van der Waals surface area contributed by atoms with Crippen molar-refractivity contribution in [3.63, 3.8) is 0 Å². The molecule has 0 radical (unpaired) electrons. The van der Waals surface area contributed by atoms with Crippen molar-refractivity contribution in [2.75, 3.05) is 0 Å². The second-order valence-corrected chi connectivity index (χ2v) is 10.8. The molecule has 0 heterocycles. The zero-order valence-corrected chi connectivity index (χ0v) is 18.5. The molecule has 1 rings (SSSR count). The molecule has 0 spiro atoms. The molecule has 1 saturated carbocycles. The Hall–Kier alpha value is -0.160. The fraction of sp³-hybridized carbons (Fsp3) is 1.00. The second kappa shape index (κ2) is 7.46. The lowest BCUT2D eigenvalue weighted by Crippen LogP contribution is -2.51. The molecule has 0 saturated heterocycles. The molecule has 1 aliphatic rings. The van der Waals surface area contributed by atoms with E-state index in [4.69, 9.17) is 19.6 Å². The molecule has 150 valence electrons. The van der Waals surface area contributed by atoms with Crippen molar-refractivity contribution in [3.05, 3.63) is 0 Å². The second-order valence-electron chi connectivity index (χ2n) is 10.8. The lowest BCUT2D eigenvalue weighted by Gasteiger charge is -2.46. The van der Waals surface area contributed by atoms with Crippen LogP contribution in [0.2, 0.25) is 0 Å². The first-order valence-electron chi connectivity index (χ1n) is 9.78. The molecule has 1 fully saturated rings. The average molecular weight is 359 g/mol. The third kappa shape index (κ3) is 5.41. The highest BCUT2D eigenvalue weighted by Crippen LogP contribution is 2.43. The van der Waals surface area contributed by atoms with E-state index in [0.717, 1.165) is 19.3 Å². The summed E-state index contributed by atoms with van der Waals surface area (Å²) >= 11 is 0. The van der Waals surface area contributed by atoms with Gasteiger partial charge in [0.2, 0.25) is 5.79 Å². The SMILES string of the molecule is CC1CCCCC1(OOC(C)(C)C(C)(C)C)OOC(C)(C)C(C)(C)C. The maximum absolute atomic E-state index is 6.04. The molecular weight excluding hydrogens is 316 g/mol. The third-order valence-corrected chi connectivity index (χ3v) is 6.56. The number of hydrogen-bond acceptors (Lipinski definition) is 4. The smallest absolute Gasteiger partial charge is 0.227 e. The van der Waals surface area contributed by atoms with Crippen LogP contribution in [0.25, 0.3) is 0 Å². The van der Waals surface area contributed by atoms with Gasteiger partial charge in [-0.1, -0.05) is 54.9 Å². The van der Waals surface area contributed by atoms with Crippen LogP contribution < -0.4 is 0 Å². The Labute approximate surface area is 155 Å². The van der Waals surface area contributed by atoms with Crippen molar-refractivity contribution in [2.45, 2.75) is 119 Å². The maximum Gasteiger partial charge on any atom is 0.236 e. The van der Waals surface area contributed by atoms with Crippen LogP contribution in [-0.2, 0) is 19.6 Å².